The largest absolute Gasteiger partial charge is 0.497 e. The number of carbonyl (C=O) groups is 1. The average molecular weight is 290 g/mol. The minimum Gasteiger partial charge on any atom is -0.497 e. The van der Waals surface area contributed by atoms with E-state index >= 15 is 0 Å². The highest BCUT2D eigenvalue weighted by Crippen LogP contribution is 2.34. The van der Waals surface area contributed by atoms with Gasteiger partial charge in [0, 0.05) is 6.54 Å². The van der Waals surface area contributed by atoms with E-state index in [-0.39, 0.29) is 17.4 Å². The van der Waals surface area contributed by atoms with Crippen LogP contribution in [0.15, 0.2) is 24.3 Å². The number of benzene rings is 1. The van der Waals surface area contributed by atoms with E-state index in [9.17, 15) is 4.79 Å². The highest BCUT2D eigenvalue weighted by atomic mass is 16.5. The first-order chi connectivity index (χ1) is 9.84. The Morgan fingerprint density at radius 1 is 1.33 bits per heavy atom. The summed E-state index contributed by atoms with van der Waals surface area (Å²) in [5.41, 5.74) is 7.09. The quantitative estimate of drug-likeness (QED) is 0.931. The molecule has 1 aliphatic heterocycles. The van der Waals surface area contributed by atoms with Crippen LogP contribution in [0.1, 0.15) is 45.2 Å². The van der Waals surface area contributed by atoms with E-state index in [1.807, 2.05) is 49.9 Å². The summed E-state index contributed by atoms with van der Waals surface area (Å²) >= 11 is 0. The molecule has 1 amide bonds. The molecule has 2 atom stereocenters. The van der Waals surface area contributed by atoms with E-state index in [2.05, 4.69) is 0 Å². The lowest BCUT2D eigenvalue weighted by molar-refractivity contribution is -0.135. The van der Waals surface area contributed by atoms with Crippen LogP contribution in [0, 0.1) is 5.41 Å². The molecule has 0 saturated carbocycles. The van der Waals surface area contributed by atoms with Crippen molar-refractivity contribution in [1.29, 1.82) is 0 Å². The van der Waals surface area contributed by atoms with Crippen LogP contribution in [-0.2, 0) is 4.79 Å². The Labute approximate surface area is 127 Å². The van der Waals surface area contributed by atoms with Gasteiger partial charge in [-0.25, -0.2) is 0 Å². The number of hydrogen-bond donors (Lipinski definition) is 1. The molecular formula is C17H26N2O2. The van der Waals surface area contributed by atoms with Crippen molar-refractivity contribution in [2.75, 3.05) is 13.7 Å². The zero-order valence-corrected chi connectivity index (χ0v) is 13.4. The van der Waals surface area contributed by atoms with Gasteiger partial charge in [-0.15, -0.1) is 0 Å². The molecule has 1 unspecified atom stereocenters. The summed E-state index contributed by atoms with van der Waals surface area (Å²) in [5, 5.41) is 0. The van der Waals surface area contributed by atoms with Gasteiger partial charge in [0.15, 0.2) is 0 Å². The molecule has 4 nitrogen and oxygen atoms in total. The van der Waals surface area contributed by atoms with Crippen LogP contribution in [0.4, 0.5) is 0 Å². The highest BCUT2D eigenvalue weighted by Gasteiger charge is 2.36. The third-order valence-corrected chi connectivity index (χ3v) is 4.24. The van der Waals surface area contributed by atoms with E-state index in [0.29, 0.717) is 0 Å². The smallest absolute Gasteiger partial charge is 0.240 e. The first kappa shape index (κ1) is 15.8. The van der Waals surface area contributed by atoms with Gasteiger partial charge in [-0.1, -0.05) is 32.9 Å². The monoisotopic (exact) mass is 290 g/mol. The normalized spacial score (nSPS) is 20.4. The SMILES string of the molecule is COc1ccc(C2CCCN2C(=O)[C@@H](N)C(C)(C)C)cc1. The Balaban J connectivity index is 2.18. The molecule has 1 aromatic carbocycles. The standard InChI is InChI=1S/C17H26N2O2/c1-17(2,3)15(18)16(20)19-11-5-6-14(19)12-7-9-13(21-4)10-8-12/h7-10,14-15H,5-6,11,18H2,1-4H3/t14?,15-/m1/s1. The van der Waals surface area contributed by atoms with Crippen molar-refractivity contribution >= 4 is 5.91 Å². The molecule has 1 fully saturated rings. The second-order valence-corrected chi connectivity index (χ2v) is 6.81. The van der Waals surface area contributed by atoms with Crippen molar-refractivity contribution in [2.24, 2.45) is 11.1 Å². The number of rotatable bonds is 3. The summed E-state index contributed by atoms with van der Waals surface area (Å²) < 4.78 is 5.19. The Hall–Kier alpha value is -1.55. The van der Waals surface area contributed by atoms with Gasteiger partial charge < -0.3 is 15.4 Å². The number of hydrogen-bond acceptors (Lipinski definition) is 3. The lowest BCUT2D eigenvalue weighted by atomic mass is 9.86. The zero-order chi connectivity index (χ0) is 15.6. The topological polar surface area (TPSA) is 55.6 Å². The van der Waals surface area contributed by atoms with Crippen molar-refractivity contribution in [1.82, 2.24) is 4.90 Å². The molecule has 1 aliphatic rings. The summed E-state index contributed by atoms with van der Waals surface area (Å²) in [6.45, 7) is 6.81. The lowest BCUT2D eigenvalue weighted by Gasteiger charge is -2.33. The molecule has 0 aromatic heterocycles. The van der Waals surface area contributed by atoms with Crippen LogP contribution in [0.2, 0.25) is 0 Å². The Morgan fingerprint density at radius 3 is 2.48 bits per heavy atom. The first-order valence-corrected chi connectivity index (χ1v) is 7.54. The van der Waals surface area contributed by atoms with E-state index in [1.54, 1.807) is 7.11 Å². The van der Waals surface area contributed by atoms with Gasteiger partial charge in [-0.05, 0) is 36.0 Å². The third-order valence-electron chi connectivity index (χ3n) is 4.24. The van der Waals surface area contributed by atoms with Gasteiger partial charge in [0.25, 0.3) is 0 Å². The summed E-state index contributed by atoms with van der Waals surface area (Å²) in [7, 11) is 1.66. The molecular weight excluding hydrogens is 264 g/mol. The summed E-state index contributed by atoms with van der Waals surface area (Å²) in [5.74, 6) is 0.891. The Bertz CT molecular complexity index is 491. The van der Waals surface area contributed by atoms with Crippen molar-refractivity contribution < 1.29 is 9.53 Å². The molecule has 2 rings (SSSR count). The fourth-order valence-electron chi connectivity index (χ4n) is 2.75. The second kappa shape index (κ2) is 6.06. The minimum absolute atomic E-state index is 0.0563. The molecule has 0 radical (unpaired) electrons. The predicted molar refractivity (Wildman–Crippen MR) is 84.1 cm³/mol. The molecule has 0 spiro atoms. The molecule has 2 N–H and O–H groups in total. The maximum atomic E-state index is 12.7. The number of methoxy groups -OCH3 is 1. The van der Waals surface area contributed by atoms with Gasteiger partial charge in [-0.2, -0.15) is 0 Å². The van der Waals surface area contributed by atoms with Gasteiger partial charge >= 0.3 is 0 Å². The van der Waals surface area contributed by atoms with Crippen LogP contribution in [0.25, 0.3) is 0 Å². The highest BCUT2D eigenvalue weighted by molar-refractivity contribution is 5.83. The molecule has 1 heterocycles. The third kappa shape index (κ3) is 3.38. The van der Waals surface area contributed by atoms with Crippen LogP contribution in [0.5, 0.6) is 5.75 Å². The number of amides is 1. The molecule has 4 heteroatoms. The van der Waals surface area contributed by atoms with Crippen molar-refractivity contribution in [2.45, 2.75) is 45.7 Å². The fraction of sp³-hybridized carbons (Fsp3) is 0.588. The van der Waals surface area contributed by atoms with E-state index in [0.717, 1.165) is 30.7 Å². The van der Waals surface area contributed by atoms with Crippen molar-refractivity contribution in [3.8, 4) is 5.75 Å². The van der Waals surface area contributed by atoms with Crippen molar-refractivity contribution in [3.63, 3.8) is 0 Å². The molecule has 21 heavy (non-hydrogen) atoms. The maximum Gasteiger partial charge on any atom is 0.240 e. The average Bonchev–Trinajstić information content (AvgIpc) is 2.94. The summed E-state index contributed by atoms with van der Waals surface area (Å²) in [6.07, 6.45) is 2.02. The van der Waals surface area contributed by atoms with E-state index in [1.165, 1.54) is 0 Å². The number of carbonyl (C=O) groups excluding carboxylic acids is 1. The van der Waals surface area contributed by atoms with Gasteiger partial charge in [0.05, 0.1) is 19.2 Å². The second-order valence-electron chi connectivity index (χ2n) is 6.81. The summed E-state index contributed by atoms with van der Waals surface area (Å²) in [4.78, 5) is 14.6. The van der Waals surface area contributed by atoms with Crippen molar-refractivity contribution in [3.05, 3.63) is 29.8 Å². The number of ether oxygens (including phenoxy) is 1. The Kier molecular flexibility index (Phi) is 4.57. The van der Waals surface area contributed by atoms with Gasteiger partial charge in [-0.3, -0.25) is 4.79 Å². The number of nitrogens with zero attached hydrogens (tertiary/aromatic N) is 1. The fourth-order valence-corrected chi connectivity index (χ4v) is 2.75. The first-order valence-electron chi connectivity index (χ1n) is 7.54. The molecule has 1 saturated heterocycles. The maximum absolute atomic E-state index is 12.7. The van der Waals surface area contributed by atoms with E-state index in [4.69, 9.17) is 10.5 Å². The Morgan fingerprint density at radius 2 is 1.95 bits per heavy atom. The zero-order valence-electron chi connectivity index (χ0n) is 13.4. The van der Waals surface area contributed by atoms with Crippen LogP contribution >= 0.6 is 0 Å². The minimum atomic E-state index is -0.462. The molecule has 1 aromatic rings. The van der Waals surface area contributed by atoms with Crippen LogP contribution in [-0.4, -0.2) is 30.5 Å². The number of nitrogens with two attached hydrogens (primary N) is 1. The number of likely N-dealkylation sites (tertiary alicyclic amines) is 1. The van der Waals surface area contributed by atoms with Crippen LogP contribution in [0.3, 0.4) is 0 Å². The molecule has 116 valence electrons. The summed E-state index contributed by atoms with van der Waals surface area (Å²) in [6, 6.07) is 7.64. The lowest BCUT2D eigenvalue weighted by Crippen LogP contribution is -2.50. The van der Waals surface area contributed by atoms with E-state index < -0.39 is 6.04 Å². The van der Waals surface area contributed by atoms with Gasteiger partial charge in [0.2, 0.25) is 5.91 Å². The molecule has 0 bridgehead atoms. The predicted octanol–water partition coefficient (Wildman–Crippen LogP) is 2.73. The molecule has 0 aliphatic carbocycles. The van der Waals surface area contributed by atoms with Crippen LogP contribution < -0.4 is 10.5 Å². The van der Waals surface area contributed by atoms with Gasteiger partial charge in [0.1, 0.15) is 5.75 Å².